The molecule has 0 bridgehead atoms. The average Bonchev–Trinajstić information content (AvgIpc) is 2.55. The third kappa shape index (κ3) is 2.01. The van der Waals surface area contributed by atoms with E-state index < -0.39 is 5.97 Å². The quantitative estimate of drug-likeness (QED) is 0.750. The molecule has 1 aromatic carbocycles. The summed E-state index contributed by atoms with van der Waals surface area (Å²) in [6.07, 6.45) is 3.79. The third-order valence-corrected chi connectivity index (χ3v) is 2.39. The Kier molecular flexibility index (Phi) is 2.46. The fraction of sp³-hybridized carbons (Fsp3) is 0.250. The van der Waals surface area contributed by atoms with E-state index in [9.17, 15) is 4.79 Å². The summed E-state index contributed by atoms with van der Waals surface area (Å²) in [5, 5.41) is 8.56. The van der Waals surface area contributed by atoms with Crippen LogP contribution in [0.3, 0.4) is 0 Å². The van der Waals surface area contributed by atoms with Gasteiger partial charge in [-0.15, -0.1) is 0 Å². The zero-order valence-electron chi connectivity index (χ0n) is 8.43. The zero-order valence-corrected chi connectivity index (χ0v) is 8.43. The van der Waals surface area contributed by atoms with Crippen molar-refractivity contribution >= 4 is 12.0 Å². The van der Waals surface area contributed by atoms with Crippen LogP contribution in [-0.4, -0.2) is 17.2 Å². The largest absolute Gasteiger partial charge is 0.490 e. The Balaban J connectivity index is 2.34. The van der Waals surface area contributed by atoms with Gasteiger partial charge in [0.25, 0.3) is 0 Å². The Morgan fingerprint density at radius 2 is 2.40 bits per heavy atom. The number of benzene rings is 1. The summed E-state index contributed by atoms with van der Waals surface area (Å²) in [6, 6.07) is 5.69. The number of aliphatic carboxylic acids is 1. The third-order valence-electron chi connectivity index (χ3n) is 2.39. The minimum atomic E-state index is -0.931. The number of hydrogen-bond donors (Lipinski definition) is 1. The van der Waals surface area contributed by atoms with Crippen LogP contribution in [0.1, 0.15) is 18.1 Å². The lowest BCUT2D eigenvalue weighted by Crippen LogP contribution is -2.05. The van der Waals surface area contributed by atoms with Gasteiger partial charge in [-0.05, 0) is 24.6 Å². The average molecular weight is 204 g/mol. The highest BCUT2D eigenvalue weighted by Gasteiger charge is 2.20. The molecule has 1 unspecified atom stereocenters. The Bertz CT molecular complexity index is 421. The van der Waals surface area contributed by atoms with E-state index >= 15 is 0 Å². The Morgan fingerprint density at radius 1 is 1.60 bits per heavy atom. The van der Waals surface area contributed by atoms with Crippen LogP contribution in [0, 0.1) is 0 Å². The summed E-state index contributed by atoms with van der Waals surface area (Å²) >= 11 is 0. The monoisotopic (exact) mass is 204 g/mol. The first-order chi connectivity index (χ1) is 7.16. The summed E-state index contributed by atoms with van der Waals surface area (Å²) in [4.78, 5) is 10.4. The van der Waals surface area contributed by atoms with Crippen LogP contribution >= 0.6 is 0 Å². The molecular formula is C12H12O3. The summed E-state index contributed by atoms with van der Waals surface area (Å²) in [5.74, 6) is -0.0606. The van der Waals surface area contributed by atoms with Crippen LogP contribution < -0.4 is 4.74 Å². The fourth-order valence-electron chi connectivity index (χ4n) is 1.77. The molecule has 15 heavy (non-hydrogen) atoms. The number of carboxylic acids is 1. The Morgan fingerprint density at radius 3 is 3.13 bits per heavy atom. The molecule has 0 fully saturated rings. The molecule has 1 heterocycles. The first kappa shape index (κ1) is 9.77. The van der Waals surface area contributed by atoms with Crippen molar-refractivity contribution in [3.05, 3.63) is 35.4 Å². The molecule has 3 nitrogen and oxygen atoms in total. The molecule has 2 rings (SSSR count). The van der Waals surface area contributed by atoms with Crippen LogP contribution in [0.5, 0.6) is 5.75 Å². The first-order valence-electron chi connectivity index (χ1n) is 4.86. The van der Waals surface area contributed by atoms with Gasteiger partial charge >= 0.3 is 5.97 Å². The van der Waals surface area contributed by atoms with Crippen molar-refractivity contribution in [1.82, 2.24) is 0 Å². The molecule has 0 radical (unpaired) electrons. The number of carbonyl (C=O) groups is 1. The van der Waals surface area contributed by atoms with Gasteiger partial charge in [0.2, 0.25) is 0 Å². The second kappa shape index (κ2) is 3.77. The van der Waals surface area contributed by atoms with Crippen molar-refractivity contribution in [2.45, 2.75) is 19.4 Å². The molecule has 1 aromatic rings. The molecule has 0 saturated heterocycles. The smallest absolute Gasteiger partial charge is 0.328 e. The van der Waals surface area contributed by atoms with Gasteiger partial charge < -0.3 is 9.84 Å². The van der Waals surface area contributed by atoms with Crippen molar-refractivity contribution in [2.24, 2.45) is 0 Å². The molecule has 1 N–H and O–H groups in total. The van der Waals surface area contributed by atoms with Crippen molar-refractivity contribution in [3.8, 4) is 5.75 Å². The molecule has 0 aliphatic carbocycles. The van der Waals surface area contributed by atoms with E-state index in [1.165, 1.54) is 0 Å². The van der Waals surface area contributed by atoms with Gasteiger partial charge in [0.15, 0.2) is 0 Å². The molecule has 0 saturated carbocycles. The van der Waals surface area contributed by atoms with Crippen molar-refractivity contribution in [3.63, 3.8) is 0 Å². The van der Waals surface area contributed by atoms with E-state index in [1.54, 1.807) is 6.08 Å². The highest BCUT2D eigenvalue weighted by atomic mass is 16.5. The SMILES string of the molecule is CC1Cc2c(C=CC(=O)O)cccc2O1. The molecule has 78 valence electrons. The maximum atomic E-state index is 10.4. The molecule has 0 aromatic heterocycles. The van der Waals surface area contributed by atoms with Gasteiger partial charge in [0, 0.05) is 18.1 Å². The molecule has 3 heteroatoms. The topological polar surface area (TPSA) is 46.5 Å². The van der Waals surface area contributed by atoms with E-state index in [4.69, 9.17) is 9.84 Å². The zero-order chi connectivity index (χ0) is 10.8. The summed E-state index contributed by atoms with van der Waals surface area (Å²) in [6.45, 7) is 2.00. The Labute approximate surface area is 88.0 Å². The number of rotatable bonds is 2. The van der Waals surface area contributed by atoms with Gasteiger partial charge in [0.1, 0.15) is 11.9 Å². The second-order valence-electron chi connectivity index (χ2n) is 3.63. The fourth-order valence-corrected chi connectivity index (χ4v) is 1.77. The lowest BCUT2D eigenvalue weighted by atomic mass is 10.0. The van der Waals surface area contributed by atoms with E-state index in [0.29, 0.717) is 0 Å². The summed E-state index contributed by atoms with van der Waals surface area (Å²) < 4.78 is 5.57. The second-order valence-corrected chi connectivity index (χ2v) is 3.63. The van der Waals surface area contributed by atoms with Crippen LogP contribution in [0.4, 0.5) is 0 Å². The standard InChI is InChI=1S/C12H12O3/c1-8-7-10-9(5-6-12(13)14)3-2-4-11(10)15-8/h2-6,8H,7H2,1H3,(H,13,14). The number of fused-ring (bicyclic) bond motifs is 1. The van der Waals surface area contributed by atoms with Crippen molar-refractivity contribution in [1.29, 1.82) is 0 Å². The van der Waals surface area contributed by atoms with Crippen LogP contribution in [0.15, 0.2) is 24.3 Å². The Hall–Kier alpha value is -1.77. The van der Waals surface area contributed by atoms with Crippen molar-refractivity contribution < 1.29 is 14.6 Å². The molecular weight excluding hydrogens is 192 g/mol. The van der Waals surface area contributed by atoms with E-state index in [1.807, 2.05) is 25.1 Å². The lowest BCUT2D eigenvalue weighted by molar-refractivity contribution is -0.131. The summed E-state index contributed by atoms with van der Waals surface area (Å²) in [7, 11) is 0. The van der Waals surface area contributed by atoms with Gasteiger partial charge in [-0.25, -0.2) is 4.79 Å². The van der Waals surface area contributed by atoms with Gasteiger partial charge in [-0.2, -0.15) is 0 Å². The predicted molar refractivity (Wildman–Crippen MR) is 56.9 cm³/mol. The minimum Gasteiger partial charge on any atom is -0.490 e. The molecule has 0 spiro atoms. The normalized spacial score (nSPS) is 18.9. The van der Waals surface area contributed by atoms with E-state index in [-0.39, 0.29) is 6.10 Å². The van der Waals surface area contributed by atoms with E-state index in [0.717, 1.165) is 29.4 Å². The predicted octanol–water partition coefficient (Wildman–Crippen LogP) is 2.11. The maximum absolute atomic E-state index is 10.4. The van der Waals surface area contributed by atoms with Gasteiger partial charge in [-0.1, -0.05) is 12.1 Å². The number of ether oxygens (including phenoxy) is 1. The number of hydrogen-bond acceptors (Lipinski definition) is 2. The number of carboxylic acid groups (broad SMARTS) is 1. The molecule has 1 aliphatic rings. The first-order valence-corrected chi connectivity index (χ1v) is 4.86. The van der Waals surface area contributed by atoms with Gasteiger partial charge in [0.05, 0.1) is 0 Å². The highest BCUT2D eigenvalue weighted by molar-refractivity contribution is 5.85. The maximum Gasteiger partial charge on any atom is 0.328 e. The molecule has 1 aliphatic heterocycles. The highest BCUT2D eigenvalue weighted by Crippen LogP contribution is 2.31. The van der Waals surface area contributed by atoms with E-state index in [2.05, 4.69) is 0 Å². The molecule has 0 amide bonds. The van der Waals surface area contributed by atoms with Crippen LogP contribution in [-0.2, 0) is 11.2 Å². The van der Waals surface area contributed by atoms with Crippen LogP contribution in [0.25, 0.3) is 6.08 Å². The minimum absolute atomic E-state index is 0.180. The lowest BCUT2D eigenvalue weighted by Gasteiger charge is -2.02. The van der Waals surface area contributed by atoms with Crippen LogP contribution in [0.2, 0.25) is 0 Å². The molecule has 1 atom stereocenters. The summed E-state index contributed by atoms with van der Waals surface area (Å²) in [5.41, 5.74) is 2.03. The van der Waals surface area contributed by atoms with Crippen molar-refractivity contribution in [2.75, 3.05) is 0 Å². The van der Waals surface area contributed by atoms with Gasteiger partial charge in [-0.3, -0.25) is 0 Å².